The molecule has 6 nitrogen and oxygen atoms in total. The number of morpholine rings is 1. The van der Waals surface area contributed by atoms with Gasteiger partial charge in [-0.1, -0.05) is 0 Å². The van der Waals surface area contributed by atoms with Gasteiger partial charge in [0.2, 0.25) is 5.91 Å². The van der Waals surface area contributed by atoms with E-state index in [1.165, 1.54) is 0 Å². The number of ether oxygens (including phenoxy) is 1. The zero-order valence-corrected chi connectivity index (χ0v) is 11.4. The highest BCUT2D eigenvalue weighted by atomic mass is 16.5. The second kappa shape index (κ2) is 6.34. The summed E-state index contributed by atoms with van der Waals surface area (Å²) in [5, 5.41) is 8.90. The number of rotatable bonds is 6. The Labute approximate surface area is 113 Å². The minimum Gasteiger partial charge on any atom is -0.480 e. The molecule has 1 heterocycles. The van der Waals surface area contributed by atoms with Gasteiger partial charge in [0.05, 0.1) is 25.8 Å². The quantitative estimate of drug-likeness (QED) is 0.737. The number of hydrogen-bond donors (Lipinski definition) is 1. The van der Waals surface area contributed by atoms with Crippen LogP contribution in [0.15, 0.2) is 0 Å². The first kappa shape index (κ1) is 14.3. The largest absolute Gasteiger partial charge is 0.480 e. The van der Waals surface area contributed by atoms with Crippen LogP contribution in [0.1, 0.15) is 19.8 Å². The average molecular weight is 270 g/mol. The van der Waals surface area contributed by atoms with Crippen LogP contribution < -0.4 is 0 Å². The van der Waals surface area contributed by atoms with Crippen molar-refractivity contribution in [1.29, 1.82) is 0 Å². The van der Waals surface area contributed by atoms with Gasteiger partial charge in [0.25, 0.3) is 0 Å². The fraction of sp³-hybridized carbons (Fsp3) is 0.846. The van der Waals surface area contributed by atoms with E-state index in [-0.39, 0.29) is 25.1 Å². The number of carboxylic acids is 1. The molecule has 1 saturated carbocycles. The Balaban J connectivity index is 1.83. The Hall–Kier alpha value is -1.14. The van der Waals surface area contributed by atoms with Gasteiger partial charge in [-0.15, -0.1) is 0 Å². The standard InChI is InChI=1S/C13H22N2O4/c1-10-6-15(4-5-19-10)12(16)8-14(9-13(17)18)7-11-2-3-11/h10-11H,2-9H2,1H3,(H,17,18). The lowest BCUT2D eigenvalue weighted by Gasteiger charge is -2.32. The maximum Gasteiger partial charge on any atom is 0.317 e. The third kappa shape index (κ3) is 4.80. The van der Waals surface area contributed by atoms with Crippen LogP contribution >= 0.6 is 0 Å². The van der Waals surface area contributed by atoms with E-state index in [1.54, 1.807) is 9.80 Å². The number of amides is 1. The molecule has 1 aliphatic heterocycles. The van der Waals surface area contributed by atoms with Gasteiger partial charge in [0.1, 0.15) is 0 Å². The third-order valence-electron chi connectivity index (χ3n) is 3.52. The van der Waals surface area contributed by atoms with Gasteiger partial charge in [0, 0.05) is 19.6 Å². The molecule has 1 N–H and O–H groups in total. The monoisotopic (exact) mass is 270 g/mol. The second-order valence-electron chi connectivity index (χ2n) is 5.53. The highest BCUT2D eigenvalue weighted by molar-refractivity contribution is 5.79. The van der Waals surface area contributed by atoms with Gasteiger partial charge in [-0.3, -0.25) is 14.5 Å². The van der Waals surface area contributed by atoms with Crippen molar-refractivity contribution in [3.8, 4) is 0 Å². The molecular formula is C13H22N2O4. The molecule has 2 rings (SSSR count). The lowest BCUT2D eigenvalue weighted by atomic mass is 10.3. The van der Waals surface area contributed by atoms with Gasteiger partial charge in [0.15, 0.2) is 0 Å². The molecular weight excluding hydrogens is 248 g/mol. The molecule has 0 aromatic carbocycles. The predicted molar refractivity (Wildman–Crippen MR) is 68.8 cm³/mol. The van der Waals surface area contributed by atoms with Crippen molar-refractivity contribution in [2.24, 2.45) is 5.92 Å². The van der Waals surface area contributed by atoms with Crippen molar-refractivity contribution in [1.82, 2.24) is 9.80 Å². The van der Waals surface area contributed by atoms with E-state index in [2.05, 4.69) is 0 Å². The van der Waals surface area contributed by atoms with Crippen LogP contribution in [0.3, 0.4) is 0 Å². The molecule has 1 saturated heterocycles. The smallest absolute Gasteiger partial charge is 0.317 e. The number of hydrogen-bond acceptors (Lipinski definition) is 4. The summed E-state index contributed by atoms with van der Waals surface area (Å²) in [4.78, 5) is 26.5. The lowest BCUT2D eigenvalue weighted by molar-refractivity contribution is -0.142. The normalized spacial score (nSPS) is 23.7. The van der Waals surface area contributed by atoms with Crippen molar-refractivity contribution in [2.45, 2.75) is 25.9 Å². The Bertz CT molecular complexity index is 344. The fourth-order valence-corrected chi connectivity index (χ4v) is 2.38. The summed E-state index contributed by atoms with van der Waals surface area (Å²) in [6.07, 6.45) is 2.37. The Morgan fingerprint density at radius 3 is 2.68 bits per heavy atom. The number of aliphatic carboxylic acids is 1. The third-order valence-corrected chi connectivity index (χ3v) is 3.52. The SMILES string of the molecule is CC1CN(C(=O)CN(CC(=O)O)CC2CC2)CCO1. The van der Waals surface area contributed by atoms with Crippen LogP contribution in [0.4, 0.5) is 0 Å². The highest BCUT2D eigenvalue weighted by Crippen LogP contribution is 2.29. The van der Waals surface area contributed by atoms with Gasteiger partial charge in [-0.25, -0.2) is 0 Å². The Morgan fingerprint density at radius 2 is 2.11 bits per heavy atom. The zero-order chi connectivity index (χ0) is 13.8. The zero-order valence-electron chi connectivity index (χ0n) is 11.4. The van der Waals surface area contributed by atoms with Crippen LogP contribution in [0.2, 0.25) is 0 Å². The molecule has 1 amide bonds. The molecule has 108 valence electrons. The number of nitrogens with zero attached hydrogens (tertiary/aromatic N) is 2. The lowest BCUT2D eigenvalue weighted by Crippen LogP contribution is -2.49. The van der Waals surface area contributed by atoms with Crippen molar-refractivity contribution in [3.05, 3.63) is 0 Å². The highest BCUT2D eigenvalue weighted by Gasteiger charge is 2.28. The van der Waals surface area contributed by atoms with Crippen LogP contribution in [0.5, 0.6) is 0 Å². The molecule has 0 bridgehead atoms. The number of carboxylic acid groups (broad SMARTS) is 1. The molecule has 1 unspecified atom stereocenters. The van der Waals surface area contributed by atoms with Gasteiger partial charge in [-0.05, 0) is 25.7 Å². The van der Waals surface area contributed by atoms with Crippen LogP contribution in [-0.2, 0) is 14.3 Å². The van der Waals surface area contributed by atoms with E-state index in [1.807, 2.05) is 6.92 Å². The molecule has 1 aliphatic carbocycles. The van der Waals surface area contributed by atoms with E-state index in [4.69, 9.17) is 9.84 Å². The first-order valence-electron chi connectivity index (χ1n) is 6.88. The molecule has 0 aromatic rings. The van der Waals surface area contributed by atoms with Gasteiger partial charge >= 0.3 is 5.97 Å². The molecule has 1 atom stereocenters. The molecule has 2 fully saturated rings. The van der Waals surface area contributed by atoms with Crippen molar-refractivity contribution in [2.75, 3.05) is 39.3 Å². The maximum atomic E-state index is 12.2. The number of carbonyl (C=O) groups excluding carboxylic acids is 1. The van der Waals surface area contributed by atoms with Crippen molar-refractivity contribution >= 4 is 11.9 Å². The molecule has 0 radical (unpaired) electrons. The Morgan fingerprint density at radius 1 is 1.37 bits per heavy atom. The van der Waals surface area contributed by atoms with E-state index >= 15 is 0 Å². The number of carbonyl (C=O) groups is 2. The summed E-state index contributed by atoms with van der Waals surface area (Å²) in [5.41, 5.74) is 0. The summed E-state index contributed by atoms with van der Waals surface area (Å²) >= 11 is 0. The van der Waals surface area contributed by atoms with Crippen molar-refractivity contribution in [3.63, 3.8) is 0 Å². The fourth-order valence-electron chi connectivity index (χ4n) is 2.38. The second-order valence-corrected chi connectivity index (χ2v) is 5.53. The maximum absolute atomic E-state index is 12.2. The molecule has 19 heavy (non-hydrogen) atoms. The van der Waals surface area contributed by atoms with E-state index in [0.29, 0.717) is 25.6 Å². The van der Waals surface area contributed by atoms with E-state index in [9.17, 15) is 9.59 Å². The summed E-state index contributed by atoms with van der Waals surface area (Å²) in [7, 11) is 0. The summed E-state index contributed by atoms with van der Waals surface area (Å²) in [6.45, 7) is 4.58. The summed E-state index contributed by atoms with van der Waals surface area (Å²) in [5.74, 6) is -0.281. The minimum absolute atomic E-state index is 0.0112. The summed E-state index contributed by atoms with van der Waals surface area (Å²) < 4.78 is 5.40. The van der Waals surface area contributed by atoms with Gasteiger partial charge in [-0.2, -0.15) is 0 Å². The van der Waals surface area contributed by atoms with Crippen molar-refractivity contribution < 1.29 is 19.4 Å². The van der Waals surface area contributed by atoms with E-state index < -0.39 is 5.97 Å². The molecule has 2 aliphatic rings. The first-order valence-corrected chi connectivity index (χ1v) is 6.88. The van der Waals surface area contributed by atoms with E-state index in [0.717, 1.165) is 19.4 Å². The topological polar surface area (TPSA) is 70.1 Å². The average Bonchev–Trinajstić information content (AvgIpc) is 3.12. The molecule has 6 heteroatoms. The molecule has 0 spiro atoms. The first-order chi connectivity index (χ1) is 9.04. The minimum atomic E-state index is -0.871. The van der Waals surface area contributed by atoms with Crippen LogP contribution in [-0.4, -0.2) is 72.2 Å². The van der Waals surface area contributed by atoms with Crippen LogP contribution in [0.25, 0.3) is 0 Å². The summed E-state index contributed by atoms with van der Waals surface area (Å²) in [6, 6.07) is 0. The van der Waals surface area contributed by atoms with Crippen LogP contribution in [0, 0.1) is 5.92 Å². The predicted octanol–water partition coefficient (Wildman–Crippen LogP) is 0.0303. The Kier molecular flexibility index (Phi) is 4.76. The van der Waals surface area contributed by atoms with Gasteiger partial charge < -0.3 is 14.7 Å². The molecule has 0 aromatic heterocycles.